The first kappa shape index (κ1) is 14.0. The van der Waals surface area contributed by atoms with Gasteiger partial charge in [-0.2, -0.15) is 0 Å². The van der Waals surface area contributed by atoms with Gasteiger partial charge in [-0.25, -0.2) is 0 Å². The van der Waals surface area contributed by atoms with E-state index in [0.29, 0.717) is 12.8 Å². The molecule has 0 bridgehead atoms. The van der Waals surface area contributed by atoms with Crippen LogP contribution in [-0.2, 0) is 9.59 Å². The van der Waals surface area contributed by atoms with Gasteiger partial charge in [0.25, 0.3) is 0 Å². The van der Waals surface area contributed by atoms with E-state index in [0.717, 1.165) is 6.42 Å². The van der Waals surface area contributed by atoms with Crippen molar-refractivity contribution in [2.75, 3.05) is 0 Å². The summed E-state index contributed by atoms with van der Waals surface area (Å²) in [6.45, 7) is 5.43. The van der Waals surface area contributed by atoms with Crippen LogP contribution in [0.3, 0.4) is 0 Å². The zero-order valence-corrected chi connectivity index (χ0v) is 10.7. The Balaban J connectivity index is 2.69. The van der Waals surface area contributed by atoms with Crippen LogP contribution < -0.4 is 11.1 Å². The van der Waals surface area contributed by atoms with Crippen molar-refractivity contribution in [3.8, 4) is 0 Å². The molecule has 5 heteroatoms. The minimum Gasteiger partial charge on any atom is -0.481 e. The fourth-order valence-electron chi connectivity index (χ4n) is 2.22. The van der Waals surface area contributed by atoms with Crippen molar-refractivity contribution in [2.24, 2.45) is 17.1 Å². The third-order valence-corrected chi connectivity index (χ3v) is 3.78. The number of aliphatic carboxylic acids is 1. The topological polar surface area (TPSA) is 92.4 Å². The molecule has 0 radical (unpaired) electrons. The van der Waals surface area contributed by atoms with E-state index in [1.165, 1.54) is 0 Å². The molecule has 2 unspecified atom stereocenters. The Morgan fingerprint density at radius 2 is 2.06 bits per heavy atom. The first-order chi connectivity index (χ1) is 7.79. The maximum Gasteiger partial charge on any atom is 0.311 e. The molecule has 17 heavy (non-hydrogen) atoms. The molecule has 3 atom stereocenters. The van der Waals surface area contributed by atoms with Gasteiger partial charge in [-0.3, -0.25) is 9.59 Å². The van der Waals surface area contributed by atoms with E-state index >= 15 is 0 Å². The normalized spacial score (nSPS) is 30.3. The van der Waals surface area contributed by atoms with Crippen molar-refractivity contribution in [2.45, 2.75) is 52.1 Å². The van der Waals surface area contributed by atoms with Gasteiger partial charge in [0, 0.05) is 6.04 Å². The van der Waals surface area contributed by atoms with E-state index in [-0.39, 0.29) is 17.9 Å². The Morgan fingerprint density at radius 3 is 2.53 bits per heavy atom. The number of rotatable bonds is 4. The van der Waals surface area contributed by atoms with Gasteiger partial charge in [0.2, 0.25) is 5.91 Å². The highest BCUT2D eigenvalue weighted by atomic mass is 16.4. The summed E-state index contributed by atoms with van der Waals surface area (Å²) in [6.07, 6.45) is 2.13. The molecule has 0 heterocycles. The Labute approximate surface area is 102 Å². The fraction of sp³-hybridized carbons (Fsp3) is 0.833. The second-order valence-corrected chi connectivity index (χ2v) is 5.45. The first-order valence-electron chi connectivity index (χ1n) is 6.08. The van der Waals surface area contributed by atoms with Crippen LogP contribution in [0.5, 0.6) is 0 Å². The van der Waals surface area contributed by atoms with Crippen LogP contribution in [0, 0.1) is 11.3 Å². The van der Waals surface area contributed by atoms with Crippen molar-refractivity contribution >= 4 is 11.9 Å². The molecule has 0 aromatic heterocycles. The summed E-state index contributed by atoms with van der Waals surface area (Å²) >= 11 is 0. The highest BCUT2D eigenvalue weighted by Crippen LogP contribution is 2.38. The van der Waals surface area contributed by atoms with Gasteiger partial charge in [0.05, 0.1) is 11.5 Å². The van der Waals surface area contributed by atoms with Gasteiger partial charge in [-0.15, -0.1) is 0 Å². The molecule has 0 spiro atoms. The average molecular weight is 242 g/mol. The van der Waals surface area contributed by atoms with E-state index < -0.39 is 17.4 Å². The van der Waals surface area contributed by atoms with E-state index in [1.807, 2.05) is 13.8 Å². The predicted octanol–water partition coefficient (Wildman–Crippen LogP) is 0.729. The summed E-state index contributed by atoms with van der Waals surface area (Å²) in [6, 6.07) is -0.883. The predicted molar refractivity (Wildman–Crippen MR) is 64.3 cm³/mol. The smallest absolute Gasteiger partial charge is 0.311 e. The van der Waals surface area contributed by atoms with Crippen LogP contribution in [0.1, 0.15) is 40.0 Å². The summed E-state index contributed by atoms with van der Waals surface area (Å²) in [7, 11) is 0. The maximum atomic E-state index is 11.8. The molecule has 4 N–H and O–H groups in total. The molecule has 0 aliphatic heterocycles. The second-order valence-electron chi connectivity index (χ2n) is 5.45. The highest BCUT2D eigenvalue weighted by Gasteiger charge is 2.46. The van der Waals surface area contributed by atoms with Crippen molar-refractivity contribution in [3.05, 3.63) is 0 Å². The Kier molecular flexibility index (Phi) is 4.14. The van der Waals surface area contributed by atoms with Crippen molar-refractivity contribution in [1.82, 2.24) is 5.32 Å². The number of carbonyl (C=O) groups excluding carboxylic acids is 1. The summed E-state index contributed by atoms with van der Waals surface area (Å²) in [5.74, 6) is -1.05. The molecule has 1 amide bonds. The van der Waals surface area contributed by atoms with Crippen LogP contribution >= 0.6 is 0 Å². The Morgan fingerprint density at radius 1 is 1.47 bits per heavy atom. The standard InChI is InChI=1S/C12H22N2O3/c1-7(2)9(13)10(15)14-8-5-4-6-12(8,3)11(16)17/h7-9H,4-6,13H2,1-3H3,(H,14,15)(H,16,17)/t8?,9-,12?/m0/s1. The summed E-state index contributed by atoms with van der Waals surface area (Å²) in [5.41, 5.74) is 4.89. The second kappa shape index (κ2) is 5.04. The minimum absolute atomic E-state index is 0.0486. The summed E-state index contributed by atoms with van der Waals surface area (Å²) < 4.78 is 0. The van der Waals surface area contributed by atoms with Crippen LogP contribution in [0.4, 0.5) is 0 Å². The van der Waals surface area contributed by atoms with Crippen molar-refractivity contribution in [1.29, 1.82) is 0 Å². The number of carboxylic acid groups (broad SMARTS) is 1. The lowest BCUT2D eigenvalue weighted by atomic mass is 9.84. The zero-order chi connectivity index (χ0) is 13.2. The van der Waals surface area contributed by atoms with Gasteiger partial charge in [0.15, 0.2) is 0 Å². The molecule has 1 aliphatic rings. The van der Waals surface area contributed by atoms with Gasteiger partial charge in [-0.05, 0) is 25.7 Å². The quantitative estimate of drug-likeness (QED) is 0.677. The van der Waals surface area contributed by atoms with Crippen LogP contribution in [0.15, 0.2) is 0 Å². The average Bonchev–Trinajstić information content (AvgIpc) is 2.60. The number of hydrogen-bond acceptors (Lipinski definition) is 3. The van der Waals surface area contributed by atoms with Crippen LogP contribution in [0.2, 0.25) is 0 Å². The van der Waals surface area contributed by atoms with E-state index in [4.69, 9.17) is 5.73 Å². The van der Waals surface area contributed by atoms with Crippen LogP contribution in [0.25, 0.3) is 0 Å². The number of hydrogen-bond donors (Lipinski definition) is 3. The Bertz CT molecular complexity index is 317. The largest absolute Gasteiger partial charge is 0.481 e. The van der Waals surface area contributed by atoms with Gasteiger partial charge in [0.1, 0.15) is 0 Å². The molecular weight excluding hydrogens is 220 g/mol. The number of carboxylic acids is 1. The monoisotopic (exact) mass is 242 g/mol. The highest BCUT2D eigenvalue weighted by molar-refractivity contribution is 5.83. The van der Waals surface area contributed by atoms with Crippen LogP contribution in [-0.4, -0.2) is 29.1 Å². The fourth-order valence-corrected chi connectivity index (χ4v) is 2.22. The molecule has 1 saturated carbocycles. The number of nitrogens with one attached hydrogen (secondary N) is 1. The number of carbonyl (C=O) groups is 2. The summed E-state index contributed by atoms with van der Waals surface area (Å²) in [4.78, 5) is 23.1. The molecule has 1 aliphatic carbocycles. The van der Waals surface area contributed by atoms with Gasteiger partial charge < -0.3 is 16.2 Å². The molecule has 98 valence electrons. The van der Waals surface area contributed by atoms with E-state index in [2.05, 4.69) is 5.32 Å². The van der Waals surface area contributed by atoms with Crippen molar-refractivity contribution in [3.63, 3.8) is 0 Å². The molecular formula is C12H22N2O3. The molecule has 0 saturated heterocycles. The molecule has 1 fully saturated rings. The Hall–Kier alpha value is -1.10. The lowest BCUT2D eigenvalue weighted by molar-refractivity contribution is -0.149. The third-order valence-electron chi connectivity index (χ3n) is 3.78. The minimum atomic E-state index is -0.855. The molecule has 0 aromatic rings. The maximum absolute atomic E-state index is 11.8. The van der Waals surface area contributed by atoms with Gasteiger partial charge >= 0.3 is 5.97 Å². The number of amides is 1. The summed E-state index contributed by atoms with van der Waals surface area (Å²) in [5, 5.41) is 12.0. The lowest BCUT2D eigenvalue weighted by Crippen LogP contribution is -2.53. The molecule has 5 nitrogen and oxygen atoms in total. The SMILES string of the molecule is CC(C)[C@H](N)C(=O)NC1CCCC1(C)C(=O)O. The van der Waals surface area contributed by atoms with E-state index in [1.54, 1.807) is 6.92 Å². The first-order valence-corrected chi connectivity index (χ1v) is 6.08. The number of nitrogens with two attached hydrogens (primary N) is 1. The van der Waals surface area contributed by atoms with E-state index in [9.17, 15) is 14.7 Å². The third kappa shape index (κ3) is 2.77. The van der Waals surface area contributed by atoms with Crippen molar-refractivity contribution < 1.29 is 14.7 Å². The molecule has 1 rings (SSSR count). The zero-order valence-electron chi connectivity index (χ0n) is 10.7. The molecule has 0 aromatic carbocycles. The lowest BCUT2D eigenvalue weighted by Gasteiger charge is -2.29. The van der Waals surface area contributed by atoms with Gasteiger partial charge in [-0.1, -0.05) is 20.3 Å².